The number of methoxy groups -OCH3 is 2. The smallest absolute Gasteiger partial charge is 0.238 e. The molecule has 164 valence electrons. The van der Waals surface area contributed by atoms with E-state index in [0.717, 1.165) is 17.7 Å². The first-order chi connectivity index (χ1) is 15.5. The van der Waals surface area contributed by atoms with Gasteiger partial charge in [-0.2, -0.15) is 0 Å². The summed E-state index contributed by atoms with van der Waals surface area (Å²) in [5, 5.41) is 4.97. The summed E-state index contributed by atoms with van der Waals surface area (Å²) in [5.74, 6) is 0.232. The van der Waals surface area contributed by atoms with Crippen LogP contribution in [-0.2, 0) is 14.4 Å². The second kappa shape index (κ2) is 6.97. The molecule has 8 heteroatoms. The molecule has 2 aromatic rings. The van der Waals surface area contributed by atoms with E-state index in [1.807, 2.05) is 18.2 Å². The molecule has 0 spiro atoms. The topological polar surface area (TPSA) is 77.4 Å². The van der Waals surface area contributed by atoms with E-state index in [-0.39, 0.29) is 47.5 Å². The first-order valence-corrected chi connectivity index (χ1v) is 11.0. The van der Waals surface area contributed by atoms with Gasteiger partial charge >= 0.3 is 0 Å². The Kier molecular flexibility index (Phi) is 4.27. The quantitative estimate of drug-likeness (QED) is 0.663. The van der Waals surface area contributed by atoms with E-state index in [4.69, 9.17) is 25.9 Å². The Bertz CT molecular complexity index is 1160. The monoisotopic (exact) mass is 452 g/mol. The van der Waals surface area contributed by atoms with Gasteiger partial charge in [-0.1, -0.05) is 16.8 Å². The predicted octanol–water partition coefficient (Wildman–Crippen LogP) is 3.53. The highest BCUT2D eigenvalue weighted by Gasteiger charge is 2.70. The van der Waals surface area contributed by atoms with Gasteiger partial charge in [0.25, 0.3) is 0 Å². The van der Waals surface area contributed by atoms with Crippen molar-refractivity contribution >= 4 is 34.8 Å². The number of fused-ring (bicyclic) bond motifs is 8. The van der Waals surface area contributed by atoms with Crippen LogP contribution in [0.25, 0.3) is 0 Å². The highest BCUT2D eigenvalue weighted by Crippen LogP contribution is 2.62. The molecule has 2 heterocycles. The second-order valence-corrected chi connectivity index (χ2v) is 9.18. The molecule has 4 aliphatic rings. The summed E-state index contributed by atoms with van der Waals surface area (Å²) in [6.45, 7) is 0. The Morgan fingerprint density at radius 3 is 2.38 bits per heavy atom. The van der Waals surface area contributed by atoms with Gasteiger partial charge in [-0.25, -0.2) is 0 Å². The SMILES string of the molecule is COc1ccc(C2=NO[C@H]3[C@@H]4C[C@@H]([C@@H]23)[C@H]2C(=O)N(c3ccc(Cl)cc3)C(=O)[C@H]42)c(OC)c1. The van der Waals surface area contributed by atoms with E-state index in [1.54, 1.807) is 38.5 Å². The van der Waals surface area contributed by atoms with Crippen LogP contribution in [-0.4, -0.2) is 37.8 Å². The van der Waals surface area contributed by atoms with Gasteiger partial charge < -0.3 is 14.3 Å². The van der Waals surface area contributed by atoms with Crippen molar-refractivity contribution in [2.24, 2.45) is 34.7 Å². The molecule has 2 aliphatic heterocycles. The molecule has 3 fully saturated rings. The Balaban J connectivity index is 1.35. The standard InChI is InChI=1S/C24H21ClN2O5/c1-30-13-7-8-14(17(9-13)31-2)21-20-15-10-16(22(20)32-26-21)19-18(15)23(28)27(24(19)29)12-5-3-11(25)4-6-12/h3-9,15-16,18-20,22H,10H2,1-2H3/t15-,16-,18-,19-,20+,22+/m1/s1. The molecule has 0 unspecified atom stereocenters. The summed E-state index contributed by atoms with van der Waals surface area (Å²) in [4.78, 5) is 34.0. The van der Waals surface area contributed by atoms with Gasteiger partial charge in [0.15, 0.2) is 0 Å². The average molecular weight is 453 g/mol. The molecule has 2 aromatic carbocycles. The number of hydrogen-bond acceptors (Lipinski definition) is 6. The molecule has 6 rings (SSSR count). The number of amides is 2. The lowest BCUT2D eigenvalue weighted by atomic mass is 9.71. The van der Waals surface area contributed by atoms with E-state index in [0.29, 0.717) is 22.2 Å². The van der Waals surface area contributed by atoms with Crippen molar-refractivity contribution in [3.05, 3.63) is 53.1 Å². The van der Waals surface area contributed by atoms with Crippen LogP contribution >= 0.6 is 11.6 Å². The van der Waals surface area contributed by atoms with Crippen molar-refractivity contribution in [3.8, 4) is 11.5 Å². The average Bonchev–Trinajstić information content (AvgIpc) is 3.54. The molecule has 2 bridgehead atoms. The minimum absolute atomic E-state index is 0.00296. The lowest BCUT2D eigenvalue weighted by Gasteiger charge is -2.30. The Labute approximate surface area is 189 Å². The maximum Gasteiger partial charge on any atom is 0.238 e. The van der Waals surface area contributed by atoms with Gasteiger partial charge in [0.1, 0.15) is 17.6 Å². The largest absolute Gasteiger partial charge is 0.497 e. The number of nitrogens with zero attached hydrogens (tertiary/aromatic N) is 2. The van der Waals surface area contributed by atoms with Crippen LogP contribution in [0.3, 0.4) is 0 Å². The number of imide groups is 1. The van der Waals surface area contributed by atoms with Gasteiger partial charge in [-0.05, 0) is 48.7 Å². The number of benzene rings is 2. The van der Waals surface area contributed by atoms with E-state index < -0.39 is 0 Å². The molecule has 6 atom stereocenters. The molecule has 0 radical (unpaired) electrons. The lowest BCUT2D eigenvalue weighted by Crippen LogP contribution is -2.41. The Morgan fingerprint density at radius 1 is 0.969 bits per heavy atom. The number of oxime groups is 1. The molecule has 2 saturated carbocycles. The Morgan fingerprint density at radius 2 is 1.69 bits per heavy atom. The van der Waals surface area contributed by atoms with Crippen LogP contribution in [0.1, 0.15) is 12.0 Å². The van der Waals surface area contributed by atoms with Gasteiger partial charge in [0.05, 0.1) is 37.5 Å². The zero-order valence-electron chi connectivity index (χ0n) is 17.5. The number of ether oxygens (including phenoxy) is 2. The third-order valence-corrected chi connectivity index (χ3v) is 7.71. The van der Waals surface area contributed by atoms with Crippen LogP contribution in [0.15, 0.2) is 47.6 Å². The van der Waals surface area contributed by atoms with Crippen LogP contribution < -0.4 is 14.4 Å². The normalized spacial score (nSPS) is 32.0. The molecule has 2 amide bonds. The molecular formula is C24H21ClN2O5. The number of carbonyl (C=O) groups is 2. The van der Waals surface area contributed by atoms with Gasteiger partial charge in [-0.15, -0.1) is 0 Å². The summed E-state index contributed by atoms with van der Waals surface area (Å²) < 4.78 is 10.9. The summed E-state index contributed by atoms with van der Waals surface area (Å²) in [6.07, 6.45) is 0.582. The Hall–Kier alpha value is -3.06. The molecule has 7 nitrogen and oxygen atoms in total. The van der Waals surface area contributed by atoms with Crippen molar-refractivity contribution in [1.82, 2.24) is 0 Å². The highest BCUT2D eigenvalue weighted by atomic mass is 35.5. The first-order valence-electron chi connectivity index (χ1n) is 10.6. The van der Waals surface area contributed by atoms with E-state index >= 15 is 0 Å². The zero-order valence-corrected chi connectivity index (χ0v) is 18.3. The minimum Gasteiger partial charge on any atom is -0.497 e. The molecule has 0 N–H and O–H groups in total. The van der Waals surface area contributed by atoms with Crippen molar-refractivity contribution in [1.29, 1.82) is 0 Å². The number of hydrogen-bond donors (Lipinski definition) is 0. The summed E-state index contributed by atoms with van der Waals surface area (Å²) in [5.41, 5.74) is 2.18. The van der Waals surface area contributed by atoms with Crippen LogP contribution in [0, 0.1) is 29.6 Å². The van der Waals surface area contributed by atoms with Crippen molar-refractivity contribution < 1.29 is 23.9 Å². The lowest BCUT2D eigenvalue weighted by molar-refractivity contribution is -0.125. The minimum atomic E-state index is -0.364. The number of carbonyl (C=O) groups excluding carboxylic acids is 2. The van der Waals surface area contributed by atoms with Crippen LogP contribution in [0.2, 0.25) is 5.02 Å². The fourth-order valence-electron chi connectivity index (χ4n) is 6.20. The zero-order chi connectivity index (χ0) is 22.1. The van der Waals surface area contributed by atoms with Gasteiger partial charge in [0.2, 0.25) is 11.8 Å². The summed E-state index contributed by atoms with van der Waals surface area (Å²) >= 11 is 5.99. The van der Waals surface area contributed by atoms with E-state index in [1.165, 1.54) is 4.90 Å². The predicted molar refractivity (Wildman–Crippen MR) is 117 cm³/mol. The van der Waals surface area contributed by atoms with Gasteiger partial charge in [-0.3, -0.25) is 14.5 Å². The summed E-state index contributed by atoms with van der Waals surface area (Å²) in [6, 6.07) is 12.4. The molecule has 2 aliphatic carbocycles. The third-order valence-electron chi connectivity index (χ3n) is 7.46. The fraction of sp³-hybridized carbons (Fsp3) is 0.375. The van der Waals surface area contributed by atoms with Crippen molar-refractivity contribution in [2.75, 3.05) is 19.1 Å². The maximum absolute atomic E-state index is 13.5. The van der Waals surface area contributed by atoms with E-state index in [9.17, 15) is 9.59 Å². The van der Waals surface area contributed by atoms with Crippen molar-refractivity contribution in [2.45, 2.75) is 12.5 Å². The highest BCUT2D eigenvalue weighted by molar-refractivity contribution is 6.31. The molecular weight excluding hydrogens is 432 g/mol. The second-order valence-electron chi connectivity index (χ2n) is 8.74. The van der Waals surface area contributed by atoms with Gasteiger partial charge in [0, 0.05) is 28.5 Å². The maximum atomic E-state index is 13.5. The van der Waals surface area contributed by atoms with Crippen LogP contribution in [0.5, 0.6) is 11.5 Å². The van der Waals surface area contributed by atoms with E-state index in [2.05, 4.69) is 5.16 Å². The first kappa shape index (κ1) is 19.6. The molecule has 1 saturated heterocycles. The number of rotatable bonds is 4. The van der Waals surface area contributed by atoms with Crippen LogP contribution in [0.4, 0.5) is 5.69 Å². The molecule has 32 heavy (non-hydrogen) atoms. The fourth-order valence-corrected chi connectivity index (χ4v) is 6.33. The number of anilines is 1. The van der Waals surface area contributed by atoms with Crippen molar-refractivity contribution in [3.63, 3.8) is 0 Å². The number of halogens is 1. The summed E-state index contributed by atoms with van der Waals surface area (Å²) in [7, 11) is 3.21. The molecule has 0 aromatic heterocycles. The third kappa shape index (κ3) is 2.51.